The van der Waals surface area contributed by atoms with Gasteiger partial charge in [-0.2, -0.15) is 0 Å². The molecule has 4 nitrogen and oxygen atoms in total. The minimum Gasteiger partial charge on any atom is -0.481 e. The van der Waals surface area contributed by atoms with Gasteiger partial charge >= 0.3 is 12.3 Å². The lowest BCUT2D eigenvalue weighted by molar-refractivity contribution is -0.276. The third-order valence-corrected chi connectivity index (χ3v) is 2.16. The highest BCUT2D eigenvalue weighted by Gasteiger charge is 2.33. The fourth-order valence-electron chi connectivity index (χ4n) is 1.37. The Hall–Kier alpha value is -1.93. The van der Waals surface area contributed by atoms with E-state index in [1.807, 2.05) is 0 Å². The molecule has 0 saturated heterocycles. The van der Waals surface area contributed by atoms with E-state index in [2.05, 4.69) is 9.72 Å². The van der Waals surface area contributed by atoms with Gasteiger partial charge in [-0.05, 0) is 12.5 Å². The fraction of sp³-hybridized carbons (Fsp3) is 0.400. The van der Waals surface area contributed by atoms with Crippen molar-refractivity contribution in [3.05, 3.63) is 22.9 Å². The van der Waals surface area contributed by atoms with Crippen LogP contribution in [0, 0.1) is 6.92 Å². The van der Waals surface area contributed by atoms with E-state index in [1.165, 1.54) is 0 Å². The number of carbonyl (C=O) groups is 1. The van der Waals surface area contributed by atoms with Gasteiger partial charge in [0.05, 0.1) is 12.1 Å². The first-order valence-corrected chi connectivity index (χ1v) is 4.86. The summed E-state index contributed by atoms with van der Waals surface area (Å²) in [6.45, 7) is 1.16. The number of halogens is 5. The molecule has 0 radical (unpaired) electrons. The summed E-state index contributed by atoms with van der Waals surface area (Å²) in [5, 5.41) is 8.55. The van der Waals surface area contributed by atoms with Crippen LogP contribution in [0.1, 0.15) is 23.2 Å². The maximum atomic E-state index is 12.6. The standard InChI is InChI=1S/C10H8F5NO3/c1-4-5(9(11)12)2-7(19-10(13,14)15)16-6(4)3-8(17)18/h2,9H,3H2,1H3,(H,17,18). The predicted octanol–water partition coefficient (Wildman–Crippen LogP) is 2.85. The van der Waals surface area contributed by atoms with E-state index < -0.39 is 42.3 Å². The van der Waals surface area contributed by atoms with Crippen LogP contribution in [0.3, 0.4) is 0 Å². The molecular formula is C10H8F5NO3. The molecule has 0 spiro atoms. The highest BCUT2D eigenvalue weighted by molar-refractivity contribution is 5.70. The van der Waals surface area contributed by atoms with Gasteiger partial charge in [0.15, 0.2) is 0 Å². The second-order valence-corrected chi connectivity index (χ2v) is 3.54. The van der Waals surface area contributed by atoms with Crippen LogP contribution in [0.5, 0.6) is 5.88 Å². The zero-order chi connectivity index (χ0) is 14.8. The van der Waals surface area contributed by atoms with Crippen LogP contribution in [0.2, 0.25) is 0 Å². The molecular weight excluding hydrogens is 277 g/mol. The second kappa shape index (κ2) is 5.37. The smallest absolute Gasteiger partial charge is 0.481 e. The molecule has 0 fully saturated rings. The highest BCUT2D eigenvalue weighted by Crippen LogP contribution is 2.30. The summed E-state index contributed by atoms with van der Waals surface area (Å²) in [5.41, 5.74) is -1.32. The maximum Gasteiger partial charge on any atom is 0.574 e. The van der Waals surface area contributed by atoms with Gasteiger partial charge in [-0.3, -0.25) is 4.79 Å². The van der Waals surface area contributed by atoms with Crippen molar-refractivity contribution in [3.63, 3.8) is 0 Å². The molecule has 0 atom stereocenters. The maximum absolute atomic E-state index is 12.6. The molecule has 1 aromatic heterocycles. The Morgan fingerprint density at radius 1 is 1.47 bits per heavy atom. The lowest BCUT2D eigenvalue weighted by atomic mass is 10.1. The second-order valence-electron chi connectivity index (χ2n) is 3.54. The molecule has 0 bridgehead atoms. The third kappa shape index (κ3) is 4.34. The lowest BCUT2D eigenvalue weighted by Gasteiger charge is -2.13. The van der Waals surface area contributed by atoms with E-state index in [1.54, 1.807) is 0 Å². The van der Waals surface area contributed by atoms with E-state index >= 15 is 0 Å². The number of alkyl halides is 5. The number of aliphatic carboxylic acids is 1. The summed E-state index contributed by atoms with van der Waals surface area (Å²) in [7, 11) is 0. The van der Waals surface area contributed by atoms with Gasteiger partial charge in [0.1, 0.15) is 0 Å². The molecule has 0 saturated carbocycles. The van der Waals surface area contributed by atoms with E-state index in [0.29, 0.717) is 6.07 Å². The van der Waals surface area contributed by atoms with Crippen molar-refractivity contribution in [2.45, 2.75) is 26.1 Å². The quantitative estimate of drug-likeness (QED) is 0.864. The first-order chi connectivity index (χ1) is 8.60. The molecule has 0 aliphatic heterocycles. The minimum absolute atomic E-state index is 0.174. The van der Waals surface area contributed by atoms with Crippen molar-refractivity contribution in [1.82, 2.24) is 4.98 Å². The van der Waals surface area contributed by atoms with Gasteiger partial charge in [-0.1, -0.05) is 0 Å². The molecule has 1 heterocycles. The van der Waals surface area contributed by atoms with Gasteiger partial charge in [0.25, 0.3) is 6.43 Å². The van der Waals surface area contributed by atoms with E-state index in [-0.39, 0.29) is 5.56 Å². The Balaban J connectivity index is 3.26. The Bertz CT molecular complexity index is 487. The summed E-state index contributed by atoms with van der Waals surface area (Å²) >= 11 is 0. The molecule has 0 aliphatic carbocycles. The van der Waals surface area contributed by atoms with Gasteiger partial charge in [-0.25, -0.2) is 13.8 Å². The molecule has 1 rings (SSSR count). The summed E-state index contributed by atoms with van der Waals surface area (Å²) in [6.07, 6.45) is -8.94. The minimum atomic E-state index is -5.10. The largest absolute Gasteiger partial charge is 0.574 e. The Morgan fingerprint density at radius 3 is 2.47 bits per heavy atom. The monoisotopic (exact) mass is 285 g/mol. The number of ether oxygens (including phenoxy) is 1. The summed E-state index contributed by atoms with van der Waals surface area (Å²) in [5.74, 6) is -2.51. The first kappa shape index (κ1) is 15.1. The Labute approximate surface area is 103 Å². The van der Waals surface area contributed by atoms with Crippen molar-refractivity contribution in [1.29, 1.82) is 0 Å². The number of pyridine rings is 1. The molecule has 1 aromatic rings. The van der Waals surface area contributed by atoms with E-state index in [0.717, 1.165) is 6.92 Å². The van der Waals surface area contributed by atoms with Gasteiger partial charge in [-0.15, -0.1) is 13.2 Å². The number of carboxylic acids is 1. The van der Waals surface area contributed by atoms with Crippen molar-refractivity contribution < 1.29 is 36.6 Å². The Morgan fingerprint density at radius 2 is 2.05 bits per heavy atom. The average Bonchev–Trinajstić information content (AvgIpc) is 2.19. The predicted molar refractivity (Wildman–Crippen MR) is 52.0 cm³/mol. The summed E-state index contributed by atoms with van der Waals surface area (Å²) in [4.78, 5) is 13.8. The highest BCUT2D eigenvalue weighted by atomic mass is 19.4. The number of nitrogens with zero attached hydrogens (tertiary/aromatic N) is 1. The van der Waals surface area contributed by atoms with Gasteiger partial charge in [0.2, 0.25) is 5.88 Å². The molecule has 0 aromatic carbocycles. The van der Waals surface area contributed by atoms with Crippen LogP contribution in [0.15, 0.2) is 6.07 Å². The van der Waals surface area contributed by atoms with E-state index in [4.69, 9.17) is 5.11 Å². The Kier molecular flexibility index (Phi) is 4.28. The van der Waals surface area contributed by atoms with Crippen LogP contribution in [0.25, 0.3) is 0 Å². The van der Waals surface area contributed by atoms with Crippen molar-refractivity contribution in [2.24, 2.45) is 0 Å². The van der Waals surface area contributed by atoms with Crippen LogP contribution >= 0.6 is 0 Å². The zero-order valence-corrected chi connectivity index (χ0v) is 9.46. The van der Waals surface area contributed by atoms with Crippen LogP contribution in [-0.4, -0.2) is 22.4 Å². The fourth-order valence-corrected chi connectivity index (χ4v) is 1.37. The topological polar surface area (TPSA) is 59.4 Å². The molecule has 0 amide bonds. The number of rotatable bonds is 4. The van der Waals surface area contributed by atoms with Crippen molar-refractivity contribution in [3.8, 4) is 5.88 Å². The zero-order valence-electron chi connectivity index (χ0n) is 9.46. The molecule has 0 unspecified atom stereocenters. The van der Waals surface area contributed by atoms with Crippen LogP contribution in [-0.2, 0) is 11.2 Å². The normalized spacial score (nSPS) is 11.7. The number of hydrogen-bond donors (Lipinski definition) is 1. The molecule has 1 N–H and O–H groups in total. The first-order valence-electron chi connectivity index (χ1n) is 4.86. The lowest BCUT2D eigenvalue weighted by Crippen LogP contribution is -2.19. The van der Waals surface area contributed by atoms with Gasteiger partial charge < -0.3 is 9.84 Å². The van der Waals surface area contributed by atoms with Crippen molar-refractivity contribution >= 4 is 5.97 Å². The number of carboxylic acid groups (broad SMARTS) is 1. The molecule has 0 aliphatic rings. The summed E-state index contributed by atoms with van der Waals surface area (Å²) in [6, 6.07) is 0.443. The average molecular weight is 285 g/mol. The molecule has 9 heteroatoms. The summed E-state index contributed by atoms with van der Waals surface area (Å²) < 4.78 is 64.7. The molecule has 19 heavy (non-hydrogen) atoms. The van der Waals surface area contributed by atoms with Crippen LogP contribution < -0.4 is 4.74 Å². The van der Waals surface area contributed by atoms with Crippen LogP contribution in [0.4, 0.5) is 22.0 Å². The molecule has 106 valence electrons. The number of hydrogen-bond acceptors (Lipinski definition) is 3. The van der Waals surface area contributed by atoms with Gasteiger partial charge in [0, 0.05) is 11.6 Å². The number of aromatic nitrogens is 1. The SMILES string of the molecule is Cc1c(C(F)F)cc(OC(F)(F)F)nc1CC(=O)O. The van der Waals surface area contributed by atoms with Crippen molar-refractivity contribution in [2.75, 3.05) is 0 Å². The third-order valence-electron chi connectivity index (χ3n) is 2.16. The van der Waals surface area contributed by atoms with E-state index in [9.17, 15) is 26.7 Å².